The van der Waals surface area contributed by atoms with Crippen LogP contribution in [-0.4, -0.2) is 41.6 Å². The lowest BCUT2D eigenvalue weighted by atomic mass is 9.96. The zero-order valence-corrected chi connectivity index (χ0v) is 23.6. The van der Waals surface area contributed by atoms with E-state index in [9.17, 15) is 13.2 Å². The minimum atomic E-state index is -4.14. The molecule has 204 valence electrons. The van der Waals surface area contributed by atoms with Gasteiger partial charge in [0, 0.05) is 17.6 Å². The first-order valence-electron chi connectivity index (χ1n) is 12.5. The van der Waals surface area contributed by atoms with E-state index in [0.717, 1.165) is 10.7 Å². The van der Waals surface area contributed by atoms with Crippen molar-refractivity contribution >= 4 is 44.0 Å². The highest BCUT2D eigenvalue weighted by Crippen LogP contribution is 2.32. The van der Waals surface area contributed by atoms with Gasteiger partial charge in [-0.3, -0.25) is 9.10 Å². The lowest BCUT2D eigenvalue weighted by Crippen LogP contribution is -2.42. The Hall–Kier alpha value is -3.75. The molecule has 1 N–H and O–H groups in total. The first-order chi connectivity index (χ1) is 18.7. The summed E-state index contributed by atoms with van der Waals surface area (Å²) in [5, 5.41) is 5.72. The molecule has 0 aromatic heterocycles. The van der Waals surface area contributed by atoms with E-state index in [1.165, 1.54) is 48.8 Å². The Balaban J connectivity index is 1.51. The van der Waals surface area contributed by atoms with Crippen molar-refractivity contribution in [1.29, 1.82) is 0 Å². The van der Waals surface area contributed by atoms with Crippen LogP contribution in [0.4, 0.5) is 5.69 Å². The molecule has 0 spiro atoms. The van der Waals surface area contributed by atoms with Gasteiger partial charge in [-0.15, -0.1) is 0 Å². The van der Waals surface area contributed by atoms with Gasteiger partial charge in [0.25, 0.3) is 10.0 Å². The summed E-state index contributed by atoms with van der Waals surface area (Å²) in [7, 11) is -1.24. The molecule has 0 aliphatic carbocycles. The number of rotatable bonds is 11. The maximum absolute atomic E-state index is 13.7. The molecule has 0 aliphatic heterocycles. The molecule has 1 amide bonds. The van der Waals surface area contributed by atoms with Crippen LogP contribution < -0.4 is 19.1 Å². The second-order valence-electron chi connectivity index (χ2n) is 9.26. The van der Waals surface area contributed by atoms with Gasteiger partial charge in [-0.25, -0.2) is 8.42 Å². The number of ether oxygens (including phenoxy) is 2. The highest BCUT2D eigenvalue weighted by atomic mass is 35.5. The van der Waals surface area contributed by atoms with Crippen LogP contribution >= 0.6 is 11.6 Å². The third-order valence-electron chi connectivity index (χ3n) is 6.44. The fourth-order valence-electron chi connectivity index (χ4n) is 4.42. The third kappa shape index (κ3) is 6.64. The number of carbonyl (C=O) groups is 1. The minimum Gasteiger partial charge on any atom is -0.493 e. The molecule has 0 saturated heterocycles. The lowest BCUT2D eigenvalue weighted by Gasteiger charge is -2.25. The van der Waals surface area contributed by atoms with E-state index in [4.69, 9.17) is 21.1 Å². The predicted molar refractivity (Wildman–Crippen MR) is 155 cm³/mol. The molecule has 0 saturated carbocycles. The van der Waals surface area contributed by atoms with Crippen LogP contribution in [0.1, 0.15) is 12.5 Å². The zero-order chi connectivity index (χ0) is 28.0. The number of hydrogen-bond acceptors (Lipinski definition) is 5. The molecule has 1 unspecified atom stereocenters. The molecule has 0 radical (unpaired) electrons. The molecule has 0 aliphatic rings. The van der Waals surface area contributed by atoms with Crippen LogP contribution in [0, 0.1) is 5.92 Å². The topological polar surface area (TPSA) is 84.9 Å². The summed E-state index contributed by atoms with van der Waals surface area (Å²) in [4.78, 5) is 13.0. The largest absolute Gasteiger partial charge is 0.493 e. The molecule has 9 heteroatoms. The van der Waals surface area contributed by atoms with Crippen molar-refractivity contribution in [2.45, 2.75) is 18.2 Å². The van der Waals surface area contributed by atoms with Gasteiger partial charge in [0.05, 0.1) is 24.8 Å². The normalized spacial score (nSPS) is 12.1. The summed E-state index contributed by atoms with van der Waals surface area (Å²) in [6.45, 7) is 2.05. The molecule has 1 atom stereocenters. The Bertz CT molecular complexity index is 1550. The van der Waals surface area contributed by atoms with Crippen molar-refractivity contribution in [2.24, 2.45) is 5.92 Å². The van der Waals surface area contributed by atoms with Crippen LogP contribution in [0.25, 0.3) is 10.8 Å². The summed E-state index contributed by atoms with van der Waals surface area (Å²) in [5.74, 6) is 0.374. The highest BCUT2D eigenvalue weighted by molar-refractivity contribution is 7.92. The van der Waals surface area contributed by atoms with Gasteiger partial charge in [-0.1, -0.05) is 61.0 Å². The molecule has 4 rings (SSSR count). The van der Waals surface area contributed by atoms with Crippen molar-refractivity contribution in [3.8, 4) is 11.5 Å². The van der Waals surface area contributed by atoms with Crippen LogP contribution in [0.15, 0.2) is 89.8 Å². The van der Waals surface area contributed by atoms with E-state index in [1.807, 2.05) is 18.2 Å². The van der Waals surface area contributed by atoms with E-state index >= 15 is 0 Å². The van der Waals surface area contributed by atoms with Gasteiger partial charge in [0.1, 0.15) is 6.54 Å². The summed E-state index contributed by atoms with van der Waals surface area (Å²) in [5.41, 5.74) is 1.52. The van der Waals surface area contributed by atoms with Gasteiger partial charge < -0.3 is 14.8 Å². The second-order valence-corrected chi connectivity index (χ2v) is 11.6. The minimum absolute atomic E-state index is 0.0350. The standard InChI is InChI=1S/C30H31ClN2O5S/c1-21(17-23-9-6-8-22-7-4-5-10-27(22)23)19-32-30(34)20-33(25-13-11-24(31)12-14-25)39(35,36)26-15-16-28(37-2)29(18-26)38-3/h4-16,18,21H,17,19-20H2,1-3H3,(H,32,34). The van der Waals surface area contributed by atoms with E-state index in [-0.39, 0.29) is 16.6 Å². The van der Waals surface area contributed by atoms with Crippen molar-refractivity contribution < 1.29 is 22.7 Å². The number of sulfonamides is 1. The average molecular weight is 567 g/mol. The summed E-state index contributed by atoms with van der Waals surface area (Å²) in [6, 6.07) is 25.0. The molecule has 7 nitrogen and oxygen atoms in total. The highest BCUT2D eigenvalue weighted by Gasteiger charge is 2.28. The number of fused-ring (bicyclic) bond motifs is 1. The first-order valence-corrected chi connectivity index (χ1v) is 14.3. The van der Waals surface area contributed by atoms with Crippen LogP contribution in [0.2, 0.25) is 5.02 Å². The van der Waals surface area contributed by atoms with Gasteiger partial charge in [-0.2, -0.15) is 0 Å². The number of anilines is 1. The third-order valence-corrected chi connectivity index (χ3v) is 8.46. The van der Waals surface area contributed by atoms with Gasteiger partial charge in [-0.05, 0) is 65.1 Å². The number of amides is 1. The quantitative estimate of drug-likeness (QED) is 0.252. The Morgan fingerprint density at radius 2 is 1.62 bits per heavy atom. The number of methoxy groups -OCH3 is 2. The second kappa shape index (κ2) is 12.4. The summed E-state index contributed by atoms with van der Waals surface area (Å²) < 4.78 is 39.1. The van der Waals surface area contributed by atoms with Crippen molar-refractivity contribution in [2.75, 3.05) is 31.6 Å². The lowest BCUT2D eigenvalue weighted by molar-refractivity contribution is -0.119. The molecular formula is C30H31ClN2O5S. The molecular weight excluding hydrogens is 536 g/mol. The molecule has 39 heavy (non-hydrogen) atoms. The number of carbonyl (C=O) groups excluding carboxylic acids is 1. The number of hydrogen-bond donors (Lipinski definition) is 1. The number of benzene rings is 4. The Kier molecular flexibility index (Phi) is 8.99. The fourth-order valence-corrected chi connectivity index (χ4v) is 5.98. The SMILES string of the molecule is COc1ccc(S(=O)(=O)N(CC(=O)NCC(C)Cc2cccc3ccccc23)c2ccc(Cl)cc2)cc1OC. The van der Waals surface area contributed by atoms with E-state index < -0.39 is 22.5 Å². The summed E-state index contributed by atoms with van der Waals surface area (Å²) >= 11 is 6.04. The molecule has 4 aromatic rings. The Morgan fingerprint density at radius 3 is 2.33 bits per heavy atom. The molecule has 0 fully saturated rings. The van der Waals surface area contributed by atoms with Crippen molar-refractivity contribution in [3.63, 3.8) is 0 Å². The average Bonchev–Trinajstić information content (AvgIpc) is 2.95. The Morgan fingerprint density at radius 1 is 0.923 bits per heavy atom. The summed E-state index contributed by atoms with van der Waals surface area (Å²) in [6.07, 6.45) is 0.770. The van der Waals surface area contributed by atoms with Crippen LogP contribution in [0.5, 0.6) is 11.5 Å². The number of nitrogens with zero attached hydrogens (tertiary/aromatic N) is 1. The van der Waals surface area contributed by atoms with Crippen molar-refractivity contribution in [1.82, 2.24) is 5.32 Å². The van der Waals surface area contributed by atoms with Crippen LogP contribution in [0.3, 0.4) is 0 Å². The van der Waals surface area contributed by atoms with Gasteiger partial charge in [0.15, 0.2) is 11.5 Å². The maximum atomic E-state index is 13.7. The van der Waals surface area contributed by atoms with E-state index in [2.05, 4.69) is 36.5 Å². The molecule has 4 aromatic carbocycles. The van der Waals surface area contributed by atoms with E-state index in [0.29, 0.717) is 23.0 Å². The monoisotopic (exact) mass is 566 g/mol. The van der Waals surface area contributed by atoms with E-state index in [1.54, 1.807) is 24.3 Å². The number of halogens is 1. The van der Waals surface area contributed by atoms with Gasteiger partial charge in [0.2, 0.25) is 5.91 Å². The molecule has 0 heterocycles. The first kappa shape index (κ1) is 28.3. The molecule has 0 bridgehead atoms. The number of nitrogens with one attached hydrogen (secondary N) is 1. The fraction of sp³-hybridized carbons (Fsp3) is 0.233. The van der Waals surface area contributed by atoms with Crippen LogP contribution in [-0.2, 0) is 21.2 Å². The van der Waals surface area contributed by atoms with Gasteiger partial charge >= 0.3 is 0 Å². The maximum Gasteiger partial charge on any atom is 0.264 e. The Labute approximate surface area is 234 Å². The van der Waals surface area contributed by atoms with Crippen molar-refractivity contribution in [3.05, 3.63) is 95.5 Å². The predicted octanol–water partition coefficient (Wildman–Crippen LogP) is 5.70. The smallest absolute Gasteiger partial charge is 0.264 e. The zero-order valence-electron chi connectivity index (χ0n) is 22.1.